The van der Waals surface area contributed by atoms with Gasteiger partial charge in [-0.25, -0.2) is 0 Å². The van der Waals surface area contributed by atoms with Gasteiger partial charge in [0, 0.05) is 0 Å². The molecule has 6 nitrogen and oxygen atoms in total. The van der Waals surface area contributed by atoms with Crippen molar-refractivity contribution in [3.05, 3.63) is 35.9 Å². The summed E-state index contributed by atoms with van der Waals surface area (Å²) in [4.78, 5) is 35.0. The van der Waals surface area contributed by atoms with Gasteiger partial charge in [-0.3, -0.25) is 4.57 Å². The van der Waals surface area contributed by atoms with E-state index in [0.29, 0.717) is 5.56 Å². The van der Waals surface area contributed by atoms with E-state index < -0.39 is 22.9 Å². The third kappa shape index (κ3) is 4.23. The van der Waals surface area contributed by atoms with Crippen LogP contribution in [0.4, 0.5) is 0 Å². The number of hydrogen-bond acceptors (Lipinski definition) is 5. The van der Waals surface area contributed by atoms with Crippen LogP contribution >= 0.6 is 8.03 Å². The second-order valence-corrected chi connectivity index (χ2v) is 5.40. The first-order valence-corrected chi connectivity index (χ1v) is 7.21. The van der Waals surface area contributed by atoms with Gasteiger partial charge in [-0.2, -0.15) is 0 Å². The molecule has 0 aliphatic heterocycles. The summed E-state index contributed by atoms with van der Waals surface area (Å²) in [6, 6.07) is 7.88. The lowest BCUT2D eigenvalue weighted by Gasteiger charge is -2.18. The smallest absolute Gasteiger partial charge is 0.368 e. The second kappa shape index (κ2) is 5.00. The quantitative estimate of drug-likeness (QED) is 0.427. The Balaban J connectivity index is 2.90. The molecule has 0 fully saturated rings. The molecule has 2 unspecified atom stereocenters. The Bertz CT molecular complexity index is 337. The van der Waals surface area contributed by atoms with Crippen molar-refractivity contribution in [1.29, 1.82) is 0 Å². The van der Waals surface area contributed by atoms with E-state index in [0.717, 1.165) is 0 Å². The number of hydrogen-bond donors (Lipinski definition) is 4. The van der Waals surface area contributed by atoms with Crippen LogP contribution in [0.2, 0.25) is 0 Å². The largest absolute Gasteiger partial charge is 0.672 e. The van der Waals surface area contributed by atoms with Gasteiger partial charge in [0.25, 0.3) is 0 Å². The van der Waals surface area contributed by atoms with E-state index in [9.17, 15) is 4.57 Å². The van der Waals surface area contributed by atoms with Crippen molar-refractivity contribution in [3.8, 4) is 0 Å². The van der Waals surface area contributed by atoms with Crippen LogP contribution in [0.3, 0.4) is 0 Å². The van der Waals surface area contributed by atoms with E-state index in [1.165, 1.54) is 12.1 Å². The van der Waals surface area contributed by atoms with Crippen LogP contribution < -0.4 is 0 Å². The first-order chi connectivity index (χ1) is 6.90. The minimum atomic E-state index is -4.80. The van der Waals surface area contributed by atoms with Crippen molar-refractivity contribution in [1.82, 2.24) is 0 Å². The van der Waals surface area contributed by atoms with Gasteiger partial charge in [0.1, 0.15) is 0 Å². The maximum atomic E-state index is 10.9. The first kappa shape index (κ1) is 12.5. The highest BCUT2D eigenvalue weighted by molar-refractivity contribution is 7.38. The van der Waals surface area contributed by atoms with E-state index in [1.807, 2.05) is 0 Å². The lowest BCUT2D eigenvalue weighted by atomic mass is 10.2. The molecule has 0 saturated carbocycles. The first-order valence-electron chi connectivity index (χ1n) is 4.03. The average Bonchev–Trinajstić information content (AvgIpc) is 2.14. The van der Waals surface area contributed by atoms with Crippen LogP contribution in [0.1, 0.15) is 11.4 Å². The Morgan fingerprint density at radius 2 is 1.73 bits per heavy atom. The molecule has 4 N–H and O–H groups in total. The Kier molecular flexibility index (Phi) is 4.18. The third-order valence-electron chi connectivity index (χ3n) is 1.60. The summed E-state index contributed by atoms with van der Waals surface area (Å²) in [5.41, 5.74) is 0.304. The zero-order chi connectivity index (χ0) is 11.5. The Hall–Kier alpha value is -0.533. The summed E-state index contributed by atoms with van der Waals surface area (Å²) in [5.74, 6) is -1.40. The molecule has 0 aromatic heterocycles. The minimum absolute atomic E-state index is 0.304. The molecule has 0 radical (unpaired) electrons. The van der Waals surface area contributed by atoms with Gasteiger partial charge in [0.15, 0.2) is 5.85 Å². The molecule has 0 aliphatic rings. The highest BCUT2D eigenvalue weighted by Crippen LogP contribution is 2.39. The number of rotatable bonds is 4. The van der Waals surface area contributed by atoms with Gasteiger partial charge < -0.3 is 23.7 Å². The van der Waals surface area contributed by atoms with Crippen molar-refractivity contribution in [2.75, 3.05) is 0 Å². The molecule has 8 heteroatoms. The van der Waals surface area contributed by atoms with Crippen molar-refractivity contribution < 1.29 is 28.3 Å². The van der Waals surface area contributed by atoms with Gasteiger partial charge in [-0.05, 0) is 5.56 Å². The van der Waals surface area contributed by atoms with Crippen LogP contribution in [-0.4, -0.2) is 28.3 Å². The van der Waals surface area contributed by atoms with Gasteiger partial charge in [-0.15, -0.1) is 0 Å². The molecule has 1 aromatic rings. The summed E-state index contributed by atoms with van der Waals surface area (Å²) >= 11 is 0. The minimum Gasteiger partial charge on any atom is -0.368 e. The molecular weight excluding hydrogens is 239 g/mol. The molecular formula is C7H11O6PSi. The third-order valence-corrected chi connectivity index (χ3v) is 3.29. The zero-order valence-electron chi connectivity index (χ0n) is 7.57. The molecule has 0 saturated heterocycles. The van der Waals surface area contributed by atoms with E-state index in [4.69, 9.17) is 19.3 Å². The van der Waals surface area contributed by atoms with Gasteiger partial charge in [0.2, 0.25) is 8.03 Å². The number of benzene rings is 1. The lowest BCUT2D eigenvalue weighted by Crippen LogP contribution is -2.39. The molecule has 1 rings (SSSR count). The fourth-order valence-corrected chi connectivity index (χ4v) is 2.85. The maximum Gasteiger partial charge on any atom is 0.672 e. The molecule has 0 heterocycles. The summed E-state index contributed by atoms with van der Waals surface area (Å²) in [6.45, 7) is 0. The van der Waals surface area contributed by atoms with Crippen molar-refractivity contribution in [2.45, 2.75) is 5.85 Å². The summed E-state index contributed by atoms with van der Waals surface area (Å²) in [5, 5.41) is 0. The van der Waals surface area contributed by atoms with Crippen molar-refractivity contribution >= 4 is 17.1 Å². The summed E-state index contributed by atoms with van der Waals surface area (Å²) in [7, 11) is -7.98. The van der Waals surface area contributed by atoms with Crippen LogP contribution in [0, 0.1) is 0 Å². The zero-order valence-corrected chi connectivity index (χ0v) is 9.57. The molecule has 0 aliphatic carbocycles. The van der Waals surface area contributed by atoms with Gasteiger partial charge in [-0.1, -0.05) is 30.3 Å². The van der Waals surface area contributed by atoms with Crippen molar-refractivity contribution in [2.24, 2.45) is 0 Å². The fourth-order valence-electron chi connectivity index (χ4n) is 1.05. The molecule has 1 aromatic carbocycles. The molecule has 0 bridgehead atoms. The van der Waals surface area contributed by atoms with Crippen LogP contribution in [0.5, 0.6) is 0 Å². The average molecular weight is 250 g/mol. The Morgan fingerprint density at radius 3 is 2.13 bits per heavy atom. The predicted octanol–water partition coefficient (Wildman–Crippen LogP) is -0.419. The van der Waals surface area contributed by atoms with Crippen LogP contribution in [-0.2, 0) is 8.99 Å². The topological polar surface area (TPSA) is 107 Å². The second-order valence-electron chi connectivity index (χ2n) is 2.82. The Morgan fingerprint density at radius 1 is 1.20 bits per heavy atom. The Labute approximate surface area is 87.8 Å². The highest BCUT2D eigenvalue weighted by Gasteiger charge is 2.37. The molecule has 0 spiro atoms. The lowest BCUT2D eigenvalue weighted by molar-refractivity contribution is 0.0472. The van der Waals surface area contributed by atoms with Crippen molar-refractivity contribution in [3.63, 3.8) is 0 Å². The SMILES string of the molecule is O=[PH](O)C(O[Si](O)(O)O)c1ccccc1. The van der Waals surface area contributed by atoms with E-state index >= 15 is 0 Å². The van der Waals surface area contributed by atoms with E-state index in [1.54, 1.807) is 18.2 Å². The highest BCUT2D eigenvalue weighted by atomic mass is 31.1. The standard InChI is InChI=1S/C7H11O6PSi/c8-14(9)7(13-15(10,11)12)6-4-2-1-3-5-6/h1-5,7,10-12,14H,(H,8,9). The van der Waals surface area contributed by atoms with E-state index in [2.05, 4.69) is 4.43 Å². The van der Waals surface area contributed by atoms with E-state index in [-0.39, 0.29) is 0 Å². The molecule has 0 amide bonds. The molecule has 15 heavy (non-hydrogen) atoms. The van der Waals surface area contributed by atoms with Gasteiger partial charge >= 0.3 is 9.05 Å². The van der Waals surface area contributed by atoms with Crippen LogP contribution in [0.25, 0.3) is 0 Å². The predicted molar refractivity (Wildman–Crippen MR) is 53.9 cm³/mol. The monoisotopic (exact) mass is 250 g/mol. The molecule has 84 valence electrons. The van der Waals surface area contributed by atoms with Gasteiger partial charge in [0.05, 0.1) is 0 Å². The van der Waals surface area contributed by atoms with Crippen LogP contribution in [0.15, 0.2) is 30.3 Å². The maximum absolute atomic E-state index is 10.9. The summed E-state index contributed by atoms with van der Waals surface area (Å²) in [6.07, 6.45) is 0. The fraction of sp³-hybridized carbons (Fsp3) is 0.143. The molecule has 2 atom stereocenters. The normalized spacial score (nSPS) is 16.0. The summed E-state index contributed by atoms with van der Waals surface area (Å²) < 4.78 is 15.3.